The second-order valence-electron chi connectivity index (χ2n) is 7.13. The molecule has 0 bridgehead atoms. The maximum atomic E-state index is 12.2. The number of para-hydroxylation sites is 1. The van der Waals surface area contributed by atoms with Crippen LogP contribution in [0.2, 0.25) is 0 Å². The number of aromatic nitrogens is 3. The SMILES string of the molecule is O=c1cc(CN2Cc3ccccc3OC3(CCC3)C2)nc2cc[nH]n12. The molecule has 2 aliphatic rings. The highest BCUT2D eigenvalue weighted by atomic mass is 16.5. The van der Waals surface area contributed by atoms with Crippen molar-refractivity contribution in [2.75, 3.05) is 6.54 Å². The van der Waals surface area contributed by atoms with Crippen LogP contribution in [0.15, 0.2) is 47.4 Å². The lowest BCUT2D eigenvalue weighted by Crippen LogP contribution is -2.50. The zero-order valence-corrected chi connectivity index (χ0v) is 13.9. The summed E-state index contributed by atoms with van der Waals surface area (Å²) < 4.78 is 7.85. The van der Waals surface area contributed by atoms with Crippen LogP contribution >= 0.6 is 0 Å². The molecule has 25 heavy (non-hydrogen) atoms. The lowest BCUT2D eigenvalue weighted by Gasteiger charge is -2.43. The quantitative estimate of drug-likeness (QED) is 0.780. The lowest BCUT2D eigenvalue weighted by molar-refractivity contribution is -0.0304. The smallest absolute Gasteiger partial charge is 0.272 e. The molecule has 3 heterocycles. The zero-order valence-electron chi connectivity index (χ0n) is 13.9. The second kappa shape index (κ2) is 5.46. The number of aromatic amines is 1. The van der Waals surface area contributed by atoms with Crippen molar-refractivity contribution < 1.29 is 4.74 Å². The third-order valence-corrected chi connectivity index (χ3v) is 5.29. The van der Waals surface area contributed by atoms with Crippen LogP contribution in [0.5, 0.6) is 5.75 Å². The minimum Gasteiger partial charge on any atom is -0.486 e. The number of H-pyrrole nitrogens is 1. The molecule has 3 aromatic rings. The molecular formula is C19H20N4O2. The highest BCUT2D eigenvalue weighted by Gasteiger charge is 2.43. The second-order valence-corrected chi connectivity index (χ2v) is 7.13. The lowest BCUT2D eigenvalue weighted by atomic mass is 9.79. The van der Waals surface area contributed by atoms with E-state index in [4.69, 9.17) is 4.74 Å². The van der Waals surface area contributed by atoms with Crippen LogP contribution in [0.1, 0.15) is 30.5 Å². The first-order valence-electron chi connectivity index (χ1n) is 8.76. The highest BCUT2D eigenvalue weighted by molar-refractivity contribution is 5.37. The summed E-state index contributed by atoms with van der Waals surface area (Å²) in [5.74, 6) is 0.999. The van der Waals surface area contributed by atoms with Crippen molar-refractivity contribution in [1.82, 2.24) is 19.5 Å². The summed E-state index contributed by atoms with van der Waals surface area (Å²) in [4.78, 5) is 19.2. The first-order valence-corrected chi connectivity index (χ1v) is 8.76. The van der Waals surface area contributed by atoms with E-state index in [1.807, 2.05) is 12.1 Å². The van der Waals surface area contributed by atoms with Crippen LogP contribution in [0.3, 0.4) is 0 Å². The Balaban J connectivity index is 1.48. The summed E-state index contributed by atoms with van der Waals surface area (Å²) in [7, 11) is 0. The number of rotatable bonds is 2. The molecular weight excluding hydrogens is 316 g/mol. The predicted octanol–water partition coefficient (Wildman–Crippen LogP) is 2.34. The zero-order chi connectivity index (χ0) is 16.9. The largest absolute Gasteiger partial charge is 0.486 e. The summed E-state index contributed by atoms with van der Waals surface area (Å²) in [6, 6.07) is 11.7. The van der Waals surface area contributed by atoms with Gasteiger partial charge in [0.2, 0.25) is 0 Å². The van der Waals surface area contributed by atoms with Gasteiger partial charge in [-0.3, -0.25) is 14.8 Å². The summed E-state index contributed by atoms with van der Waals surface area (Å²) in [5, 5.41) is 2.88. The van der Waals surface area contributed by atoms with E-state index in [-0.39, 0.29) is 11.2 Å². The Morgan fingerprint density at radius 3 is 2.96 bits per heavy atom. The molecule has 1 saturated carbocycles. The molecule has 1 spiro atoms. The Morgan fingerprint density at radius 1 is 1.24 bits per heavy atom. The summed E-state index contributed by atoms with van der Waals surface area (Å²) in [6.07, 6.45) is 5.12. The Morgan fingerprint density at radius 2 is 2.12 bits per heavy atom. The molecule has 6 nitrogen and oxygen atoms in total. The van der Waals surface area contributed by atoms with Gasteiger partial charge in [0, 0.05) is 43.5 Å². The van der Waals surface area contributed by atoms with E-state index < -0.39 is 0 Å². The average Bonchev–Trinajstić information content (AvgIpc) is 2.96. The van der Waals surface area contributed by atoms with Gasteiger partial charge < -0.3 is 4.74 Å². The van der Waals surface area contributed by atoms with E-state index in [0.29, 0.717) is 12.2 Å². The molecule has 1 aliphatic heterocycles. The van der Waals surface area contributed by atoms with Gasteiger partial charge in [-0.05, 0) is 25.3 Å². The molecule has 2 aromatic heterocycles. The number of hydrogen-bond donors (Lipinski definition) is 1. The van der Waals surface area contributed by atoms with E-state index in [0.717, 1.165) is 37.4 Å². The van der Waals surface area contributed by atoms with E-state index >= 15 is 0 Å². The molecule has 5 rings (SSSR count). The number of benzene rings is 1. The number of fused-ring (bicyclic) bond motifs is 2. The fourth-order valence-electron chi connectivity index (χ4n) is 3.93. The molecule has 0 atom stereocenters. The van der Waals surface area contributed by atoms with E-state index in [2.05, 4.69) is 33.2 Å². The van der Waals surface area contributed by atoms with Crippen LogP contribution in [0.25, 0.3) is 5.65 Å². The standard InChI is InChI=1S/C19H20N4O2/c24-18-10-15(21-17-6-9-20-23(17)18)12-22-11-14-4-1-2-5-16(14)25-19(13-22)7-3-8-19/h1-2,4-6,9-10,20H,3,7-8,11-13H2. The summed E-state index contributed by atoms with van der Waals surface area (Å²) in [5.41, 5.74) is 2.51. The maximum absolute atomic E-state index is 12.2. The van der Waals surface area contributed by atoms with Gasteiger partial charge in [-0.25, -0.2) is 9.50 Å². The molecule has 128 valence electrons. The molecule has 1 N–H and O–H groups in total. The van der Waals surface area contributed by atoms with Gasteiger partial charge in [-0.1, -0.05) is 18.2 Å². The average molecular weight is 336 g/mol. The molecule has 1 aromatic carbocycles. The number of nitrogens with one attached hydrogen (secondary N) is 1. The first kappa shape index (κ1) is 14.7. The Labute approximate surface area is 145 Å². The van der Waals surface area contributed by atoms with Crippen molar-refractivity contribution in [3.05, 3.63) is 64.2 Å². The molecule has 1 fully saturated rings. The minimum atomic E-state index is -0.0835. The van der Waals surface area contributed by atoms with Gasteiger partial charge >= 0.3 is 0 Å². The van der Waals surface area contributed by atoms with Crippen LogP contribution < -0.4 is 10.3 Å². The van der Waals surface area contributed by atoms with Crippen molar-refractivity contribution in [3.8, 4) is 5.75 Å². The normalized spacial score (nSPS) is 19.2. The summed E-state index contributed by atoms with van der Waals surface area (Å²) >= 11 is 0. The minimum absolute atomic E-state index is 0.0742. The van der Waals surface area contributed by atoms with Gasteiger partial charge in [0.15, 0.2) is 5.65 Å². The Kier molecular flexibility index (Phi) is 3.21. The number of nitrogens with zero attached hydrogens (tertiary/aromatic N) is 3. The van der Waals surface area contributed by atoms with E-state index in [1.54, 1.807) is 12.3 Å². The fourth-order valence-corrected chi connectivity index (χ4v) is 3.93. The van der Waals surface area contributed by atoms with Crippen molar-refractivity contribution >= 4 is 5.65 Å². The highest BCUT2D eigenvalue weighted by Crippen LogP contribution is 2.41. The Bertz CT molecular complexity index is 986. The third kappa shape index (κ3) is 2.53. The van der Waals surface area contributed by atoms with Crippen LogP contribution in [-0.2, 0) is 13.1 Å². The van der Waals surface area contributed by atoms with Crippen molar-refractivity contribution in [3.63, 3.8) is 0 Å². The van der Waals surface area contributed by atoms with Gasteiger partial charge in [0.25, 0.3) is 5.56 Å². The molecule has 0 amide bonds. The maximum Gasteiger partial charge on any atom is 0.272 e. The topological polar surface area (TPSA) is 62.6 Å². The first-order chi connectivity index (χ1) is 12.2. The predicted molar refractivity (Wildman–Crippen MR) is 93.6 cm³/mol. The molecule has 0 saturated heterocycles. The van der Waals surface area contributed by atoms with Gasteiger partial charge in [0.1, 0.15) is 11.4 Å². The number of ether oxygens (including phenoxy) is 1. The van der Waals surface area contributed by atoms with Crippen molar-refractivity contribution in [2.45, 2.75) is 38.0 Å². The van der Waals surface area contributed by atoms with Gasteiger partial charge in [0.05, 0.1) is 5.69 Å². The Hall–Kier alpha value is -2.60. The van der Waals surface area contributed by atoms with E-state index in [1.165, 1.54) is 16.5 Å². The monoisotopic (exact) mass is 336 g/mol. The number of hydrogen-bond acceptors (Lipinski definition) is 4. The van der Waals surface area contributed by atoms with Crippen molar-refractivity contribution in [2.24, 2.45) is 0 Å². The fraction of sp³-hybridized carbons (Fsp3) is 0.368. The molecule has 6 heteroatoms. The summed E-state index contributed by atoms with van der Waals surface area (Å²) in [6.45, 7) is 2.33. The van der Waals surface area contributed by atoms with E-state index in [9.17, 15) is 4.79 Å². The van der Waals surface area contributed by atoms with Gasteiger partial charge in [-0.15, -0.1) is 0 Å². The van der Waals surface area contributed by atoms with Crippen molar-refractivity contribution in [1.29, 1.82) is 0 Å². The third-order valence-electron chi connectivity index (χ3n) is 5.29. The molecule has 1 aliphatic carbocycles. The van der Waals surface area contributed by atoms with Crippen LogP contribution in [0, 0.1) is 0 Å². The molecule has 0 radical (unpaired) electrons. The molecule has 0 unspecified atom stereocenters. The van der Waals surface area contributed by atoms with Crippen LogP contribution in [0.4, 0.5) is 0 Å². The van der Waals surface area contributed by atoms with Crippen LogP contribution in [-0.4, -0.2) is 31.6 Å². The van der Waals surface area contributed by atoms with Gasteiger partial charge in [-0.2, -0.15) is 0 Å².